The number of nitrogens with zero attached hydrogens (tertiary/aromatic N) is 1. The molecule has 0 radical (unpaired) electrons. The Morgan fingerprint density at radius 1 is 1.25 bits per heavy atom. The molecule has 0 saturated carbocycles. The van der Waals surface area contributed by atoms with Crippen molar-refractivity contribution in [1.82, 2.24) is 4.90 Å². The first-order valence-corrected chi connectivity index (χ1v) is 5.19. The van der Waals surface area contributed by atoms with E-state index in [2.05, 4.69) is 39.5 Å². The lowest BCUT2D eigenvalue weighted by molar-refractivity contribution is 0.361. The predicted molar refractivity (Wildman–Crippen MR) is 59.6 cm³/mol. The number of hydrogen-bond donors (Lipinski definition) is 0. The Balaban J connectivity index is 4.04. The van der Waals surface area contributed by atoms with E-state index in [1.54, 1.807) is 0 Å². The second-order valence-corrected chi connectivity index (χ2v) is 4.34. The number of thiocarbonyl (C=S) groups is 1. The topological polar surface area (TPSA) is 3.24 Å². The van der Waals surface area contributed by atoms with Crippen molar-refractivity contribution in [2.75, 3.05) is 6.54 Å². The van der Waals surface area contributed by atoms with Crippen molar-refractivity contribution in [2.24, 2.45) is 5.92 Å². The zero-order valence-electron chi connectivity index (χ0n) is 8.92. The van der Waals surface area contributed by atoms with Gasteiger partial charge in [-0.05, 0) is 26.7 Å². The largest absolute Gasteiger partial charge is 0.364 e. The van der Waals surface area contributed by atoms with Crippen LogP contribution in [0.5, 0.6) is 0 Å². The lowest BCUT2D eigenvalue weighted by Gasteiger charge is -2.28. The molecule has 0 rings (SSSR count). The van der Waals surface area contributed by atoms with E-state index in [-0.39, 0.29) is 0 Å². The van der Waals surface area contributed by atoms with Gasteiger partial charge in [-0.15, -0.1) is 0 Å². The fourth-order valence-electron chi connectivity index (χ4n) is 1.30. The Kier molecular flexibility index (Phi) is 5.47. The zero-order chi connectivity index (χ0) is 9.72. The third-order valence-corrected chi connectivity index (χ3v) is 2.27. The molecule has 0 aliphatic rings. The molecular formula is C10H21NS. The average Bonchev–Trinajstić information content (AvgIpc) is 1.85. The minimum Gasteiger partial charge on any atom is -0.364 e. The summed E-state index contributed by atoms with van der Waals surface area (Å²) in [5, 5.41) is 0. The summed E-state index contributed by atoms with van der Waals surface area (Å²) in [6, 6.07) is 0.543. The molecule has 0 atom stereocenters. The molecule has 0 spiro atoms. The molecule has 0 unspecified atom stereocenters. The van der Waals surface area contributed by atoms with E-state index < -0.39 is 0 Å². The molecule has 0 aromatic carbocycles. The van der Waals surface area contributed by atoms with Gasteiger partial charge in [-0.1, -0.05) is 26.1 Å². The van der Waals surface area contributed by atoms with Crippen LogP contribution in [0.25, 0.3) is 0 Å². The highest BCUT2D eigenvalue weighted by Crippen LogP contribution is 2.08. The van der Waals surface area contributed by atoms with Crippen LogP contribution in [0.15, 0.2) is 0 Å². The second kappa shape index (κ2) is 5.52. The third kappa shape index (κ3) is 4.05. The van der Waals surface area contributed by atoms with Gasteiger partial charge in [0.25, 0.3) is 0 Å². The van der Waals surface area contributed by atoms with Gasteiger partial charge in [0, 0.05) is 19.0 Å². The first-order valence-electron chi connectivity index (χ1n) is 4.78. The highest BCUT2D eigenvalue weighted by atomic mass is 32.1. The molecule has 0 aliphatic heterocycles. The smallest absolute Gasteiger partial charge is 0.0784 e. The Hall–Kier alpha value is -0.110. The van der Waals surface area contributed by atoms with Crippen LogP contribution in [0, 0.1) is 5.92 Å². The van der Waals surface area contributed by atoms with Crippen LogP contribution in [0.2, 0.25) is 0 Å². The number of hydrogen-bond acceptors (Lipinski definition) is 1. The van der Waals surface area contributed by atoms with Crippen LogP contribution >= 0.6 is 12.2 Å². The quantitative estimate of drug-likeness (QED) is 0.622. The van der Waals surface area contributed by atoms with Crippen molar-refractivity contribution in [3.63, 3.8) is 0 Å². The SMILES string of the molecule is CCN(C(=S)CC(C)C)C(C)C. The van der Waals surface area contributed by atoms with Gasteiger partial charge in [0.1, 0.15) is 0 Å². The van der Waals surface area contributed by atoms with Crippen LogP contribution in [0.4, 0.5) is 0 Å². The molecule has 0 aliphatic carbocycles. The fourth-order valence-corrected chi connectivity index (χ4v) is 1.97. The van der Waals surface area contributed by atoms with E-state index in [1.165, 1.54) is 0 Å². The molecule has 2 heteroatoms. The standard InChI is InChI=1S/C10H21NS/c1-6-11(9(4)5)10(12)7-8(2)3/h8-9H,6-7H2,1-5H3. The maximum Gasteiger partial charge on any atom is 0.0784 e. The lowest BCUT2D eigenvalue weighted by Crippen LogP contribution is -2.36. The van der Waals surface area contributed by atoms with Crippen molar-refractivity contribution in [3.05, 3.63) is 0 Å². The predicted octanol–water partition coefficient (Wildman–Crippen LogP) is 3.09. The van der Waals surface area contributed by atoms with Crippen molar-refractivity contribution in [3.8, 4) is 0 Å². The van der Waals surface area contributed by atoms with Crippen LogP contribution in [0.3, 0.4) is 0 Å². The monoisotopic (exact) mass is 187 g/mol. The maximum absolute atomic E-state index is 5.35. The average molecular weight is 187 g/mol. The highest BCUT2D eigenvalue weighted by Gasteiger charge is 2.11. The van der Waals surface area contributed by atoms with E-state index in [9.17, 15) is 0 Å². The van der Waals surface area contributed by atoms with Crippen molar-refractivity contribution >= 4 is 17.2 Å². The molecular weight excluding hydrogens is 166 g/mol. The first-order chi connectivity index (χ1) is 5.49. The summed E-state index contributed by atoms with van der Waals surface area (Å²) in [6.07, 6.45) is 1.04. The molecule has 0 amide bonds. The molecule has 0 N–H and O–H groups in total. The summed E-state index contributed by atoms with van der Waals surface area (Å²) in [4.78, 5) is 3.40. The normalized spacial score (nSPS) is 10.9. The first kappa shape index (κ1) is 11.9. The minimum absolute atomic E-state index is 0.543. The summed E-state index contributed by atoms with van der Waals surface area (Å²) in [6.45, 7) is 12.0. The van der Waals surface area contributed by atoms with Gasteiger partial charge in [-0.25, -0.2) is 0 Å². The fraction of sp³-hybridized carbons (Fsp3) is 0.900. The van der Waals surface area contributed by atoms with E-state index in [0.29, 0.717) is 12.0 Å². The molecule has 0 saturated heterocycles. The Bertz CT molecular complexity index is 141. The highest BCUT2D eigenvalue weighted by molar-refractivity contribution is 7.80. The Morgan fingerprint density at radius 3 is 2.00 bits per heavy atom. The molecule has 0 aromatic heterocycles. The molecule has 0 bridgehead atoms. The lowest BCUT2D eigenvalue weighted by atomic mass is 10.1. The summed E-state index contributed by atoms with van der Waals surface area (Å²) in [5.74, 6) is 0.672. The second-order valence-electron chi connectivity index (χ2n) is 3.87. The van der Waals surface area contributed by atoms with E-state index in [4.69, 9.17) is 12.2 Å². The maximum atomic E-state index is 5.35. The molecule has 0 fully saturated rings. The van der Waals surface area contributed by atoms with Gasteiger partial charge in [-0.3, -0.25) is 0 Å². The van der Waals surface area contributed by atoms with E-state index >= 15 is 0 Å². The summed E-state index contributed by atoms with van der Waals surface area (Å²) < 4.78 is 0. The minimum atomic E-state index is 0.543. The van der Waals surface area contributed by atoms with Crippen molar-refractivity contribution < 1.29 is 0 Å². The van der Waals surface area contributed by atoms with Gasteiger partial charge in [0.15, 0.2) is 0 Å². The molecule has 12 heavy (non-hydrogen) atoms. The van der Waals surface area contributed by atoms with Crippen molar-refractivity contribution in [1.29, 1.82) is 0 Å². The van der Waals surface area contributed by atoms with Crippen LogP contribution < -0.4 is 0 Å². The van der Waals surface area contributed by atoms with Gasteiger partial charge < -0.3 is 4.90 Å². The molecule has 0 heterocycles. The van der Waals surface area contributed by atoms with Gasteiger partial charge >= 0.3 is 0 Å². The number of rotatable bonds is 4. The zero-order valence-corrected chi connectivity index (χ0v) is 9.74. The van der Waals surface area contributed by atoms with Crippen LogP contribution in [-0.4, -0.2) is 22.5 Å². The van der Waals surface area contributed by atoms with Gasteiger partial charge in [0.2, 0.25) is 0 Å². The molecule has 1 nitrogen and oxygen atoms in total. The summed E-state index contributed by atoms with van der Waals surface area (Å²) in [5.41, 5.74) is 0. The molecule has 0 aromatic rings. The van der Waals surface area contributed by atoms with Crippen LogP contribution in [-0.2, 0) is 0 Å². The Morgan fingerprint density at radius 2 is 1.75 bits per heavy atom. The summed E-state index contributed by atoms with van der Waals surface area (Å²) in [7, 11) is 0. The van der Waals surface area contributed by atoms with Gasteiger partial charge in [-0.2, -0.15) is 0 Å². The summed E-state index contributed by atoms with van der Waals surface area (Å²) >= 11 is 5.35. The van der Waals surface area contributed by atoms with E-state index in [0.717, 1.165) is 18.0 Å². The molecule has 72 valence electrons. The van der Waals surface area contributed by atoms with Gasteiger partial charge in [0.05, 0.1) is 4.99 Å². The van der Waals surface area contributed by atoms with Crippen molar-refractivity contribution in [2.45, 2.75) is 47.1 Å². The van der Waals surface area contributed by atoms with Crippen LogP contribution in [0.1, 0.15) is 41.0 Å². The Labute approximate surface area is 82.1 Å². The third-order valence-electron chi connectivity index (χ3n) is 1.87. The van der Waals surface area contributed by atoms with E-state index in [1.807, 2.05) is 0 Å².